The molecule has 0 unspecified atom stereocenters. The van der Waals surface area contributed by atoms with Crippen molar-refractivity contribution in [3.8, 4) is 22.6 Å². The zero-order valence-corrected chi connectivity index (χ0v) is 20.7. The van der Waals surface area contributed by atoms with E-state index in [0.717, 1.165) is 16.9 Å². The Hall–Kier alpha value is -3.62. The van der Waals surface area contributed by atoms with Gasteiger partial charge in [-0.3, -0.25) is 4.72 Å². The van der Waals surface area contributed by atoms with Crippen LogP contribution in [0.1, 0.15) is 6.92 Å². The van der Waals surface area contributed by atoms with Gasteiger partial charge < -0.3 is 14.9 Å². The number of rotatable bonds is 9. The summed E-state index contributed by atoms with van der Waals surface area (Å²) in [5, 5.41) is 21.2. The Bertz CT molecular complexity index is 1460. The van der Waals surface area contributed by atoms with Crippen molar-refractivity contribution in [1.82, 2.24) is 0 Å². The number of anilines is 1. The fourth-order valence-electron chi connectivity index (χ4n) is 3.63. The number of ether oxygens (including phenoxy) is 1. The summed E-state index contributed by atoms with van der Waals surface area (Å²) < 4.78 is 34.6. The van der Waals surface area contributed by atoms with Crippen LogP contribution in [0.3, 0.4) is 0 Å². The number of aliphatic hydroxyl groups is 1. The Morgan fingerprint density at radius 1 is 0.971 bits per heavy atom. The van der Waals surface area contributed by atoms with Crippen LogP contribution in [0.15, 0.2) is 101 Å². The van der Waals surface area contributed by atoms with Gasteiger partial charge in [0.05, 0.1) is 33.6 Å². The summed E-state index contributed by atoms with van der Waals surface area (Å²) in [4.78, 5) is 0.546. The van der Waals surface area contributed by atoms with Crippen LogP contribution in [-0.2, 0) is 10.0 Å². The summed E-state index contributed by atoms with van der Waals surface area (Å²) in [7, 11) is -3.91. The normalized spacial score (nSPS) is 11.3. The lowest BCUT2D eigenvalue weighted by Gasteiger charge is -2.15. The van der Waals surface area contributed by atoms with Crippen molar-refractivity contribution in [3.63, 3.8) is 0 Å². The molecule has 0 saturated heterocycles. The fourth-order valence-corrected chi connectivity index (χ4v) is 5.47. The Balaban J connectivity index is 1.64. The number of hydrogen-bond donors (Lipinski definition) is 3. The summed E-state index contributed by atoms with van der Waals surface area (Å²) in [6.07, 6.45) is 0. The number of thioether (sulfide) groups is 1. The van der Waals surface area contributed by atoms with E-state index < -0.39 is 10.0 Å². The van der Waals surface area contributed by atoms with Crippen LogP contribution < -0.4 is 9.46 Å². The number of sulfonamides is 1. The Morgan fingerprint density at radius 3 is 2.17 bits per heavy atom. The molecule has 4 aromatic carbocycles. The van der Waals surface area contributed by atoms with Crippen molar-refractivity contribution in [1.29, 1.82) is 0 Å². The van der Waals surface area contributed by atoms with Crippen molar-refractivity contribution < 1.29 is 23.4 Å². The van der Waals surface area contributed by atoms with E-state index in [9.17, 15) is 18.6 Å². The number of hydrogen-bond acceptors (Lipinski definition) is 6. The third-order valence-corrected chi connectivity index (χ3v) is 7.76. The van der Waals surface area contributed by atoms with Crippen LogP contribution in [-0.4, -0.2) is 31.0 Å². The minimum absolute atomic E-state index is 0.0227. The van der Waals surface area contributed by atoms with Crippen LogP contribution in [0.2, 0.25) is 0 Å². The predicted molar refractivity (Wildman–Crippen MR) is 142 cm³/mol. The number of aliphatic hydroxyl groups excluding tert-OH is 1. The summed E-state index contributed by atoms with van der Waals surface area (Å²) >= 11 is 1.17. The lowest BCUT2D eigenvalue weighted by molar-refractivity contribution is 0.340. The van der Waals surface area contributed by atoms with E-state index >= 15 is 0 Å². The molecule has 4 aromatic rings. The van der Waals surface area contributed by atoms with Crippen molar-refractivity contribution in [2.75, 3.05) is 17.1 Å². The van der Waals surface area contributed by atoms with Crippen LogP contribution in [0.5, 0.6) is 11.5 Å². The van der Waals surface area contributed by atoms with Crippen LogP contribution in [0.25, 0.3) is 21.9 Å². The molecule has 3 N–H and O–H groups in total. The van der Waals surface area contributed by atoms with Gasteiger partial charge in [-0.2, -0.15) is 0 Å². The van der Waals surface area contributed by atoms with Crippen molar-refractivity contribution in [3.05, 3.63) is 91.2 Å². The molecule has 0 aromatic heterocycles. The molecule has 0 fully saturated rings. The highest BCUT2D eigenvalue weighted by Gasteiger charge is 2.19. The zero-order valence-electron chi connectivity index (χ0n) is 19.1. The van der Waals surface area contributed by atoms with Gasteiger partial charge in [0.1, 0.15) is 11.5 Å². The van der Waals surface area contributed by atoms with Crippen molar-refractivity contribution in [2.45, 2.75) is 16.7 Å². The minimum atomic E-state index is -3.91. The largest absolute Gasteiger partial charge is 0.512 e. The Kier molecular flexibility index (Phi) is 7.23. The second kappa shape index (κ2) is 10.3. The third kappa shape index (κ3) is 5.55. The van der Waals surface area contributed by atoms with Gasteiger partial charge in [0, 0.05) is 10.8 Å². The van der Waals surface area contributed by atoms with Crippen LogP contribution in [0.4, 0.5) is 5.69 Å². The molecular formula is C27H25NO5S2. The molecule has 180 valence electrons. The van der Waals surface area contributed by atoms with E-state index in [1.54, 1.807) is 54.6 Å². The standard InChI is InChI=1S/C27H25NO5S2/c1-3-33-21-12-8-19(9-13-21)20-10-14-22(15-11-20)35(31,32)28-25-16-26(34-17-18(2)29)27(30)24-7-5-4-6-23(24)25/h4-16,28-30H,2-3,17H2,1H3. The molecule has 0 spiro atoms. The lowest BCUT2D eigenvalue weighted by Crippen LogP contribution is -2.13. The van der Waals surface area contributed by atoms with E-state index in [-0.39, 0.29) is 22.2 Å². The minimum Gasteiger partial charge on any atom is -0.512 e. The fraction of sp³-hybridized carbons (Fsp3) is 0.111. The van der Waals surface area contributed by atoms with Gasteiger partial charge in [0.25, 0.3) is 10.0 Å². The molecule has 4 rings (SSSR count). The highest BCUT2D eigenvalue weighted by molar-refractivity contribution is 7.99. The van der Waals surface area contributed by atoms with Crippen molar-refractivity contribution in [2.24, 2.45) is 0 Å². The van der Waals surface area contributed by atoms with Gasteiger partial charge >= 0.3 is 0 Å². The molecule has 0 aliphatic carbocycles. The van der Waals surface area contributed by atoms with Gasteiger partial charge in [-0.25, -0.2) is 8.42 Å². The number of benzene rings is 4. The molecule has 35 heavy (non-hydrogen) atoms. The first-order valence-corrected chi connectivity index (χ1v) is 13.4. The van der Waals surface area contributed by atoms with E-state index in [1.807, 2.05) is 31.2 Å². The average molecular weight is 508 g/mol. The second-order valence-electron chi connectivity index (χ2n) is 7.76. The van der Waals surface area contributed by atoms with Gasteiger partial charge in [0.15, 0.2) is 0 Å². The molecule has 8 heteroatoms. The monoisotopic (exact) mass is 507 g/mol. The van der Waals surface area contributed by atoms with Crippen molar-refractivity contribution >= 4 is 38.2 Å². The van der Waals surface area contributed by atoms with E-state index in [4.69, 9.17) is 4.74 Å². The Morgan fingerprint density at radius 2 is 1.57 bits per heavy atom. The Labute approximate surface area is 208 Å². The zero-order chi connectivity index (χ0) is 25.0. The number of nitrogens with one attached hydrogen (secondary N) is 1. The summed E-state index contributed by atoms with van der Waals surface area (Å²) in [5.74, 6) is 0.930. The molecule has 0 saturated carbocycles. The maximum Gasteiger partial charge on any atom is 0.261 e. The van der Waals surface area contributed by atoms with Gasteiger partial charge in [0.2, 0.25) is 0 Å². The molecule has 0 radical (unpaired) electrons. The number of phenolic OH excluding ortho intramolecular Hbond substituents is 1. The SMILES string of the molecule is C=C(O)CSc1cc(NS(=O)(=O)c2ccc(-c3ccc(OCC)cc3)cc2)c2ccccc2c1O. The predicted octanol–water partition coefficient (Wildman–Crippen LogP) is 6.58. The maximum absolute atomic E-state index is 13.2. The lowest BCUT2D eigenvalue weighted by atomic mass is 10.1. The summed E-state index contributed by atoms with van der Waals surface area (Å²) in [5.41, 5.74) is 2.16. The smallest absolute Gasteiger partial charge is 0.261 e. The van der Waals surface area contributed by atoms with E-state index in [1.165, 1.54) is 11.8 Å². The first kappa shape index (κ1) is 24.5. The van der Waals surface area contributed by atoms with Gasteiger partial charge in [-0.05, 0) is 48.4 Å². The highest BCUT2D eigenvalue weighted by Crippen LogP contribution is 2.40. The third-order valence-electron chi connectivity index (χ3n) is 5.28. The van der Waals surface area contributed by atoms with Crippen LogP contribution in [0, 0.1) is 0 Å². The van der Waals surface area contributed by atoms with E-state index in [2.05, 4.69) is 11.3 Å². The molecule has 0 aliphatic rings. The summed E-state index contributed by atoms with van der Waals surface area (Å²) in [6.45, 7) is 5.97. The number of fused-ring (bicyclic) bond motifs is 1. The molecule has 0 heterocycles. The first-order valence-electron chi connectivity index (χ1n) is 10.9. The highest BCUT2D eigenvalue weighted by atomic mass is 32.2. The molecule has 0 aliphatic heterocycles. The summed E-state index contributed by atoms with van der Waals surface area (Å²) in [6, 6.07) is 22.8. The topological polar surface area (TPSA) is 95.9 Å². The quantitative estimate of drug-likeness (QED) is 0.135. The molecule has 0 bridgehead atoms. The van der Waals surface area contributed by atoms with Crippen LogP contribution >= 0.6 is 11.8 Å². The molecule has 0 atom stereocenters. The van der Waals surface area contributed by atoms with Gasteiger partial charge in [-0.15, -0.1) is 11.8 Å². The first-order chi connectivity index (χ1) is 16.8. The van der Waals surface area contributed by atoms with E-state index in [0.29, 0.717) is 28.0 Å². The molecule has 0 amide bonds. The average Bonchev–Trinajstić information content (AvgIpc) is 2.85. The molecule has 6 nitrogen and oxygen atoms in total. The number of phenols is 1. The molecular weight excluding hydrogens is 482 g/mol. The number of aromatic hydroxyl groups is 1. The maximum atomic E-state index is 13.2. The van der Waals surface area contributed by atoms with Gasteiger partial charge in [-0.1, -0.05) is 55.1 Å². The second-order valence-corrected chi connectivity index (χ2v) is 10.5.